The van der Waals surface area contributed by atoms with E-state index in [1.807, 2.05) is 0 Å². The van der Waals surface area contributed by atoms with Crippen LogP contribution in [0, 0.1) is 0 Å². The number of nitrogens with zero attached hydrogens (tertiary/aromatic N) is 2. The highest BCUT2D eigenvalue weighted by Crippen LogP contribution is 2.55. The summed E-state index contributed by atoms with van der Waals surface area (Å²) in [6.07, 6.45) is 1.08. The molecule has 0 radical (unpaired) electrons. The highest BCUT2D eigenvalue weighted by molar-refractivity contribution is 7.83. The van der Waals surface area contributed by atoms with Crippen LogP contribution in [0.2, 0.25) is 0 Å². The monoisotopic (exact) mass is 375 g/mol. The quantitative estimate of drug-likeness (QED) is 0.567. The molecular formula is C21H32N2PS+. The lowest BCUT2D eigenvalue weighted by molar-refractivity contribution is 0.852. The maximum Gasteiger partial charge on any atom is 0.0962 e. The van der Waals surface area contributed by atoms with Crippen LogP contribution < -0.4 is 9.80 Å². The molecule has 2 aromatic carbocycles. The smallest absolute Gasteiger partial charge is 0.0962 e. The van der Waals surface area contributed by atoms with Gasteiger partial charge in [0.05, 0.1) is 10.9 Å². The molecule has 0 aliphatic rings. The van der Waals surface area contributed by atoms with Gasteiger partial charge in [-0.25, -0.2) is 0 Å². The molecule has 136 valence electrons. The van der Waals surface area contributed by atoms with Crippen molar-refractivity contribution in [1.29, 1.82) is 0 Å². The van der Waals surface area contributed by atoms with Gasteiger partial charge in [0.1, 0.15) is 0 Å². The zero-order chi connectivity index (χ0) is 18.8. The van der Waals surface area contributed by atoms with Gasteiger partial charge in [-0.1, -0.05) is 24.3 Å². The van der Waals surface area contributed by atoms with Crippen molar-refractivity contribution in [2.45, 2.75) is 4.75 Å². The van der Waals surface area contributed by atoms with E-state index in [1.165, 1.54) is 22.5 Å². The second-order valence-corrected chi connectivity index (χ2v) is 13.9. The van der Waals surface area contributed by atoms with Crippen LogP contribution in [0.5, 0.6) is 0 Å². The van der Waals surface area contributed by atoms with Crippen LogP contribution in [0.4, 0.5) is 11.4 Å². The van der Waals surface area contributed by atoms with Crippen LogP contribution >= 0.6 is 19.9 Å². The summed E-state index contributed by atoms with van der Waals surface area (Å²) in [6, 6.07) is 17.7. The Morgan fingerprint density at radius 3 is 1.28 bits per heavy atom. The minimum absolute atomic E-state index is 0.262. The second-order valence-electron chi connectivity index (χ2n) is 8.19. The van der Waals surface area contributed by atoms with Crippen molar-refractivity contribution in [2.24, 2.45) is 0 Å². The zero-order valence-electron chi connectivity index (χ0n) is 16.6. The van der Waals surface area contributed by atoms with E-state index < -0.39 is 7.26 Å². The van der Waals surface area contributed by atoms with Gasteiger partial charge in [-0.05, 0) is 35.4 Å². The molecule has 0 N–H and O–H groups in total. The Balaban J connectivity index is 2.49. The molecule has 2 rings (SSSR count). The number of thiol groups is 1. The van der Waals surface area contributed by atoms with Crippen molar-refractivity contribution < 1.29 is 0 Å². The summed E-state index contributed by atoms with van der Waals surface area (Å²) >= 11 is 5.26. The summed E-state index contributed by atoms with van der Waals surface area (Å²) in [5.41, 5.74) is 4.98. The first-order valence-electron chi connectivity index (χ1n) is 8.61. The highest BCUT2D eigenvalue weighted by atomic mass is 32.1. The van der Waals surface area contributed by atoms with Crippen molar-refractivity contribution in [3.8, 4) is 0 Å². The lowest BCUT2D eigenvalue weighted by atomic mass is 9.91. The second kappa shape index (κ2) is 7.60. The highest BCUT2D eigenvalue weighted by Gasteiger charge is 2.38. The van der Waals surface area contributed by atoms with Crippen LogP contribution in [0.15, 0.2) is 48.5 Å². The molecular weight excluding hydrogens is 343 g/mol. The third-order valence-electron chi connectivity index (χ3n) is 4.43. The molecule has 0 aliphatic heterocycles. The number of hydrogen-bond acceptors (Lipinski definition) is 3. The van der Waals surface area contributed by atoms with Crippen LogP contribution in [-0.4, -0.2) is 54.3 Å². The summed E-state index contributed by atoms with van der Waals surface area (Å²) in [6.45, 7) is 7.17. The van der Waals surface area contributed by atoms with E-state index in [9.17, 15) is 0 Å². The standard InChI is InChI=1S/C21H31N2PS/c1-22(2)19-12-8-17(9-13-19)21(25,16-24(5,6)7)18-10-14-20(15-11-18)23(3)4/h8-15H,16H2,1-7H3/p+1. The molecule has 0 heterocycles. The fourth-order valence-corrected chi connectivity index (χ4v) is 6.42. The Labute approximate surface area is 160 Å². The maximum atomic E-state index is 5.26. The predicted molar refractivity (Wildman–Crippen MR) is 121 cm³/mol. The van der Waals surface area contributed by atoms with E-state index >= 15 is 0 Å². The van der Waals surface area contributed by atoms with Gasteiger partial charge in [0.25, 0.3) is 0 Å². The molecule has 0 bridgehead atoms. The van der Waals surface area contributed by atoms with Crippen molar-refractivity contribution >= 4 is 31.3 Å². The third-order valence-corrected chi connectivity index (χ3v) is 6.77. The Morgan fingerprint density at radius 2 is 1.04 bits per heavy atom. The average Bonchev–Trinajstić information content (AvgIpc) is 2.53. The number of hydrogen-bond donors (Lipinski definition) is 1. The first-order valence-corrected chi connectivity index (χ1v) is 12.4. The SMILES string of the molecule is CN(C)c1ccc(C(S)(C[P+](C)(C)C)c2ccc(N(C)C)cc2)cc1. The van der Waals surface area contributed by atoms with E-state index in [2.05, 4.69) is 107 Å². The normalized spacial score (nSPS) is 12.2. The molecule has 0 aromatic heterocycles. The average molecular weight is 376 g/mol. The number of rotatable bonds is 6. The van der Waals surface area contributed by atoms with Gasteiger partial charge in [0.2, 0.25) is 0 Å². The lowest BCUT2D eigenvalue weighted by Crippen LogP contribution is -2.27. The lowest BCUT2D eigenvalue weighted by Gasteiger charge is -2.33. The molecule has 0 spiro atoms. The number of anilines is 2. The molecule has 0 amide bonds. The maximum absolute atomic E-state index is 5.26. The van der Waals surface area contributed by atoms with Crippen LogP contribution in [0.1, 0.15) is 11.1 Å². The van der Waals surface area contributed by atoms with Gasteiger partial charge in [0.15, 0.2) is 0 Å². The van der Waals surface area contributed by atoms with E-state index in [0.29, 0.717) is 0 Å². The van der Waals surface area contributed by atoms with Crippen LogP contribution in [0.25, 0.3) is 0 Å². The summed E-state index contributed by atoms with van der Waals surface area (Å²) in [4.78, 5) is 4.26. The van der Waals surface area contributed by atoms with Gasteiger partial charge in [-0.3, -0.25) is 0 Å². The molecule has 0 saturated carbocycles. The van der Waals surface area contributed by atoms with Crippen molar-refractivity contribution in [3.05, 3.63) is 59.7 Å². The topological polar surface area (TPSA) is 6.48 Å². The van der Waals surface area contributed by atoms with Gasteiger partial charge in [-0.15, -0.1) is 0 Å². The molecule has 4 heteroatoms. The number of benzene rings is 2. The van der Waals surface area contributed by atoms with Crippen molar-refractivity contribution in [1.82, 2.24) is 0 Å². The first-order chi connectivity index (χ1) is 11.5. The van der Waals surface area contributed by atoms with E-state index in [1.54, 1.807) is 0 Å². The summed E-state index contributed by atoms with van der Waals surface area (Å²) in [7, 11) is 7.26. The molecule has 2 nitrogen and oxygen atoms in total. The molecule has 0 saturated heterocycles. The fourth-order valence-electron chi connectivity index (χ4n) is 3.11. The predicted octanol–water partition coefficient (Wildman–Crippen LogP) is 4.90. The third kappa shape index (κ3) is 4.92. The zero-order valence-corrected chi connectivity index (χ0v) is 18.4. The Morgan fingerprint density at radius 1 is 0.720 bits per heavy atom. The first kappa shape index (κ1) is 20.1. The molecule has 0 unspecified atom stereocenters. The van der Waals surface area contributed by atoms with Crippen molar-refractivity contribution in [3.63, 3.8) is 0 Å². The molecule has 25 heavy (non-hydrogen) atoms. The van der Waals surface area contributed by atoms with Crippen LogP contribution in [-0.2, 0) is 4.75 Å². The van der Waals surface area contributed by atoms with Crippen molar-refractivity contribution in [2.75, 3.05) is 64.1 Å². The van der Waals surface area contributed by atoms with Gasteiger partial charge >= 0.3 is 0 Å². The Bertz CT molecular complexity index is 634. The summed E-state index contributed by atoms with van der Waals surface area (Å²) in [5, 5.41) is 0. The summed E-state index contributed by atoms with van der Waals surface area (Å²) in [5.74, 6) is 0. The van der Waals surface area contributed by atoms with Gasteiger partial charge in [0, 0.05) is 66.8 Å². The summed E-state index contributed by atoms with van der Waals surface area (Å²) < 4.78 is -0.262. The Kier molecular flexibility index (Phi) is 6.12. The fraction of sp³-hybridized carbons (Fsp3) is 0.429. The molecule has 0 atom stereocenters. The molecule has 2 aromatic rings. The van der Waals surface area contributed by atoms with Gasteiger partial charge < -0.3 is 9.80 Å². The minimum atomic E-state index is -1.03. The Hall–Kier alpha value is -1.18. The largest absolute Gasteiger partial charge is 0.378 e. The minimum Gasteiger partial charge on any atom is -0.378 e. The van der Waals surface area contributed by atoms with E-state index in [4.69, 9.17) is 12.6 Å². The van der Waals surface area contributed by atoms with E-state index in [0.717, 1.165) is 6.16 Å². The van der Waals surface area contributed by atoms with Gasteiger partial charge in [-0.2, -0.15) is 12.6 Å². The van der Waals surface area contributed by atoms with E-state index in [-0.39, 0.29) is 4.75 Å². The molecule has 0 aliphatic carbocycles. The van der Waals surface area contributed by atoms with Crippen LogP contribution in [0.3, 0.4) is 0 Å². The molecule has 0 fully saturated rings.